The zero-order valence-electron chi connectivity index (χ0n) is 74.3. The molecule has 129 heavy (non-hydrogen) atoms. The van der Waals surface area contributed by atoms with E-state index in [9.17, 15) is 127 Å². The van der Waals surface area contributed by atoms with E-state index in [0.29, 0.717) is 38.5 Å². The molecule has 6 aliphatic carbocycles. The van der Waals surface area contributed by atoms with Crippen molar-refractivity contribution in [3.8, 4) is 0 Å². The van der Waals surface area contributed by atoms with Crippen molar-refractivity contribution in [2.45, 2.75) is 391 Å². The van der Waals surface area contributed by atoms with Gasteiger partial charge in [0, 0.05) is 24.4 Å². The van der Waals surface area contributed by atoms with Gasteiger partial charge < -0.3 is 198 Å². The summed E-state index contributed by atoms with van der Waals surface area (Å²) in [4.78, 5) is 30.9. The van der Waals surface area contributed by atoms with Crippen molar-refractivity contribution in [1.82, 2.24) is 0 Å². The van der Waals surface area contributed by atoms with E-state index in [1.807, 2.05) is 13.8 Å². The summed E-state index contributed by atoms with van der Waals surface area (Å²) in [5.74, 6) is -3.66. The van der Waals surface area contributed by atoms with E-state index in [1.165, 1.54) is 26.0 Å². The first-order valence-corrected chi connectivity index (χ1v) is 45.1. The van der Waals surface area contributed by atoms with Crippen LogP contribution >= 0.6 is 0 Å². The monoisotopic (exact) mass is 1860 g/mol. The third-order valence-corrected chi connectivity index (χ3v) is 32.0. The topological polar surface area (TPSA) is 667 Å². The number of aliphatic hydroxyl groups is 24. The van der Waals surface area contributed by atoms with E-state index in [-0.39, 0.29) is 55.9 Å². The lowest BCUT2D eigenvalue weighted by atomic mass is 9.33. The molecule has 12 fully saturated rings. The average Bonchev–Trinajstić information content (AvgIpc) is 0.671. The number of hydrogen-bond donors (Lipinski definition) is 24. The Hall–Kier alpha value is -3.36. The number of esters is 2. The van der Waals surface area contributed by atoms with Crippen LogP contribution in [0.3, 0.4) is 0 Å². The van der Waals surface area contributed by atoms with Crippen LogP contribution in [-0.4, -0.2) is 426 Å². The van der Waals surface area contributed by atoms with Gasteiger partial charge in [-0.05, 0) is 131 Å². The Morgan fingerprint density at radius 1 is 0.481 bits per heavy atom. The SMILES string of the molecule is C=CC(C)(CCC=C(CO)C(=O)OC1CC2(C(=O)OC3OCC(OC4CC(CO)C(O)C(OC5OC(CO)C(OC6OC(C)C(O)C(O)C6O)C(O)C5O)C4O)C(O)C3O)CCC3(C)C(=CCC4C5(C)CCC(OC6OC(CO)C(OC7OC(CO)C(O)C(OC8OCC(O)C(O)C8O)C7O)C(O)C6O)C(C)(C)C5CCC43C)C2CC1(C)C)OC1OC(C)C(O)C(O)C1O. The highest BCUT2D eigenvalue weighted by atomic mass is 16.8. The van der Waals surface area contributed by atoms with Gasteiger partial charge in [0.15, 0.2) is 37.7 Å². The fourth-order valence-electron chi connectivity index (χ4n) is 23.5. The molecule has 13 aliphatic rings. The number of rotatable bonds is 27. The van der Waals surface area contributed by atoms with Crippen molar-refractivity contribution in [3.05, 3.63) is 36.0 Å². The van der Waals surface area contributed by atoms with Gasteiger partial charge in [0.1, 0.15) is 165 Å². The third-order valence-electron chi connectivity index (χ3n) is 32.0. The van der Waals surface area contributed by atoms with Crippen LogP contribution in [0.4, 0.5) is 0 Å². The lowest BCUT2D eigenvalue weighted by molar-refractivity contribution is -0.380. The zero-order chi connectivity index (χ0) is 94.5. The number of ether oxygens (including phenoxy) is 16. The molecule has 7 aliphatic heterocycles. The van der Waals surface area contributed by atoms with E-state index in [2.05, 4.69) is 47.3 Å². The molecule has 42 nitrogen and oxygen atoms in total. The van der Waals surface area contributed by atoms with E-state index in [4.69, 9.17) is 75.8 Å². The van der Waals surface area contributed by atoms with Crippen LogP contribution in [0.2, 0.25) is 0 Å². The van der Waals surface area contributed by atoms with Gasteiger partial charge in [-0.2, -0.15) is 0 Å². The second kappa shape index (κ2) is 40.2. The first kappa shape index (κ1) is 103. The number of fused-ring (bicyclic) bond motifs is 7. The molecule has 5 saturated carbocycles. The smallest absolute Gasteiger partial charge is 0.336 e. The van der Waals surface area contributed by atoms with Gasteiger partial charge in [-0.25, -0.2) is 4.79 Å². The molecule has 0 spiro atoms. The van der Waals surface area contributed by atoms with Crippen molar-refractivity contribution in [2.24, 2.45) is 56.2 Å². The Labute approximate surface area is 746 Å². The Bertz CT molecular complexity index is 3820. The molecule has 0 aromatic heterocycles. The summed E-state index contributed by atoms with van der Waals surface area (Å²) in [6.07, 6.45) is -55.9. The summed E-state index contributed by atoms with van der Waals surface area (Å²) in [5, 5.41) is 264. The van der Waals surface area contributed by atoms with Crippen molar-refractivity contribution in [1.29, 1.82) is 0 Å². The second-order valence-electron chi connectivity index (χ2n) is 40.4. The van der Waals surface area contributed by atoms with Crippen LogP contribution in [0.25, 0.3) is 0 Å². The quantitative estimate of drug-likeness (QED) is 0.0157. The minimum atomic E-state index is -2.08. The molecule has 0 amide bonds. The van der Waals surface area contributed by atoms with Gasteiger partial charge in [-0.3, -0.25) is 4.79 Å². The molecule has 48 atom stereocenters. The van der Waals surface area contributed by atoms with Crippen molar-refractivity contribution < 1.29 is 208 Å². The maximum absolute atomic E-state index is 16.2. The van der Waals surface area contributed by atoms with Gasteiger partial charge in [0.2, 0.25) is 6.29 Å². The molecule has 7 saturated heterocycles. The molecule has 0 aromatic rings. The summed E-state index contributed by atoms with van der Waals surface area (Å²) in [6.45, 7) is 18.0. The molecule has 13 rings (SSSR count). The molecule has 0 bridgehead atoms. The van der Waals surface area contributed by atoms with Crippen molar-refractivity contribution >= 4 is 11.9 Å². The molecule has 0 radical (unpaired) electrons. The number of aliphatic hydroxyl groups excluding tert-OH is 24. The van der Waals surface area contributed by atoms with Crippen LogP contribution < -0.4 is 0 Å². The first-order chi connectivity index (χ1) is 60.6. The maximum Gasteiger partial charge on any atom is 0.336 e. The Kier molecular flexibility index (Phi) is 32.1. The molecule has 24 N–H and O–H groups in total. The Balaban J connectivity index is 0.717. The minimum absolute atomic E-state index is 0.0146. The fourth-order valence-corrected chi connectivity index (χ4v) is 23.5. The van der Waals surface area contributed by atoms with Gasteiger partial charge in [-0.1, -0.05) is 72.3 Å². The molecular formula is C87H140O42. The lowest BCUT2D eigenvalue weighted by Gasteiger charge is -2.71. The fraction of sp³-hybridized carbons (Fsp3) is 0.908. The molecule has 0 aromatic carbocycles. The van der Waals surface area contributed by atoms with Gasteiger partial charge in [0.05, 0.1) is 86.8 Å². The largest absolute Gasteiger partial charge is 0.458 e. The van der Waals surface area contributed by atoms with E-state index in [0.717, 1.165) is 5.57 Å². The maximum atomic E-state index is 16.2. The van der Waals surface area contributed by atoms with E-state index < -0.39 is 347 Å². The summed E-state index contributed by atoms with van der Waals surface area (Å²) in [7, 11) is 0. The summed E-state index contributed by atoms with van der Waals surface area (Å²) in [5.41, 5.74) is -5.20. The normalized spacial score (nSPS) is 51.1. The highest BCUT2D eigenvalue weighted by Crippen LogP contribution is 2.76. The van der Waals surface area contributed by atoms with Gasteiger partial charge in [0.25, 0.3) is 0 Å². The minimum Gasteiger partial charge on any atom is -0.458 e. The van der Waals surface area contributed by atoms with Crippen molar-refractivity contribution in [3.63, 3.8) is 0 Å². The summed E-state index contributed by atoms with van der Waals surface area (Å²) >= 11 is 0. The summed E-state index contributed by atoms with van der Waals surface area (Å²) < 4.78 is 95.9. The Morgan fingerprint density at radius 2 is 1.01 bits per heavy atom. The number of carbonyl (C=O) groups excluding carboxylic acids is 2. The molecule has 7 heterocycles. The summed E-state index contributed by atoms with van der Waals surface area (Å²) in [6, 6.07) is 0. The first-order valence-electron chi connectivity index (χ1n) is 45.1. The Morgan fingerprint density at radius 3 is 1.60 bits per heavy atom. The molecular weight excluding hydrogens is 1720 g/mol. The van der Waals surface area contributed by atoms with Gasteiger partial charge in [-0.15, -0.1) is 6.58 Å². The standard InChI is InChI=1S/C87H140O42/c1-12-83(8,129-79-64(108)58(102)51(95)35(3)117-79)19-13-14-36(27-88)72(112)122-49-26-87(80(113)128-74-62(106)54(98)45(33-115-74)118-41-24-37(28-89)52(96)70(55(41)99)127-77-66(110)60(104)68(44(31-92)121-77)124-75-63(107)57(101)50(94)34(2)116-75)23-22-85(10)38(39(87)25-81(49,4)5)15-16-47-84(9)20-18-48(82(6,7)46(84)17-21-86(47,85)11)123-76-65(109)59(103)69(43(30-91)120-76)125-78-67(111)71(56(100)42(29-90)119-78)126-73-61(105)53(97)40(93)32-114-73/h12,14-15,34-35,37,39-71,73-79,88-111H,1,13,16-33H2,2-11H3. The number of hydrogen-bond acceptors (Lipinski definition) is 42. The lowest BCUT2D eigenvalue weighted by Crippen LogP contribution is -2.67. The van der Waals surface area contributed by atoms with Crippen LogP contribution in [0.15, 0.2) is 36.0 Å². The van der Waals surface area contributed by atoms with Crippen LogP contribution in [-0.2, 0) is 85.4 Å². The highest BCUT2D eigenvalue weighted by Gasteiger charge is 2.72. The zero-order valence-corrected chi connectivity index (χ0v) is 74.3. The molecule has 48 unspecified atom stereocenters. The average molecular weight is 1860 g/mol. The molecule has 42 heteroatoms. The van der Waals surface area contributed by atoms with Crippen LogP contribution in [0, 0.1) is 56.2 Å². The predicted octanol–water partition coefficient (Wildman–Crippen LogP) is -6.58. The van der Waals surface area contributed by atoms with Crippen LogP contribution in [0.5, 0.6) is 0 Å². The number of allylic oxidation sites excluding steroid dienone is 3. The predicted molar refractivity (Wildman–Crippen MR) is 432 cm³/mol. The van der Waals surface area contributed by atoms with E-state index >= 15 is 4.79 Å². The van der Waals surface area contributed by atoms with Crippen molar-refractivity contribution in [2.75, 3.05) is 46.2 Å². The number of carbonyl (C=O) groups is 2. The van der Waals surface area contributed by atoms with Crippen LogP contribution in [0.1, 0.15) is 146 Å². The van der Waals surface area contributed by atoms with Gasteiger partial charge >= 0.3 is 11.9 Å². The second-order valence-corrected chi connectivity index (χ2v) is 40.4. The van der Waals surface area contributed by atoms with E-state index in [1.54, 1.807) is 6.92 Å². The highest BCUT2D eigenvalue weighted by molar-refractivity contribution is 5.89. The third kappa shape index (κ3) is 19.2. The molecule has 740 valence electrons.